The molecule has 3 fully saturated rings. The lowest BCUT2D eigenvalue weighted by atomic mass is 9.56. The van der Waals surface area contributed by atoms with Crippen LogP contribution >= 0.6 is 0 Å². The second-order valence-corrected chi connectivity index (χ2v) is 24.2. The number of esters is 1. The second kappa shape index (κ2) is 20.9. The second-order valence-electron chi connectivity index (χ2n) is 24.2. The van der Waals surface area contributed by atoms with E-state index in [4.69, 9.17) is 4.74 Å². The SMILES string of the molecule is CCCCCCCCCCC(C1CC(C)(C)N(C)C(C)(C)C1)C(C1CC(C)(C)N(C)C(C)(C)C1)C(OC(=O)CC(C(=O)O)C(CC(=O)O)C(=O)O)C1CC(C)(C)N(C)C(C)(C)C1. The van der Waals surface area contributed by atoms with Crippen LogP contribution in [-0.4, -0.2) is 114 Å². The number of carboxylic acid groups (broad SMARTS) is 3. The fraction of sp³-hybridized carbons (Fsp3) is 0.922. The van der Waals surface area contributed by atoms with E-state index in [1.165, 1.54) is 38.5 Å². The number of piperidine rings is 3. The van der Waals surface area contributed by atoms with Crippen molar-refractivity contribution in [3.63, 3.8) is 0 Å². The smallest absolute Gasteiger partial charge is 0.307 e. The Morgan fingerprint density at radius 2 is 0.855 bits per heavy atom. The highest BCUT2D eigenvalue weighted by atomic mass is 16.5. The van der Waals surface area contributed by atoms with Crippen LogP contribution < -0.4 is 0 Å². The van der Waals surface area contributed by atoms with Crippen LogP contribution in [0.15, 0.2) is 0 Å². The predicted molar refractivity (Wildman–Crippen MR) is 249 cm³/mol. The number of carbonyl (C=O) groups is 4. The highest BCUT2D eigenvalue weighted by molar-refractivity contribution is 5.86. The van der Waals surface area contributed by atoms with Crippen molar-refractivity contribution in [1.82, 2.24) is 14.7 Å². The third kappa shape index (κ3) is 13.4. The third-order valence-corrected chi connectivity index (χ3v) is 17.1. The first-order chi connectivity index (χ1) is 28.3. The first-order valence-electron chi connectivity index (χ1n) is 24.4. The molecule has 3 aliphatic heterocycles. The van der Waals surface area contributed by atoms with Crippen LogP contribution in [-0.2, 0) is 23.9 Å². The Hall–Kier alpha value is -2.24. The fourth-order valence-corrected chi connectivity index (χ4v) is 13.1. The van der Waals surface area contributed by atoms with Gasteiger partial charge in [-0.15, -0.1) is 0 Å². The van der Waals surface area contributed by atoms with E-state index < -0.39 is 54.7 Å². The molecule has 11 nitrogen and oxygen atoms in total. The zero-order valence-corrected chi connectivity index (χ0v) is 42.4. The quantitative estimate of drug-likeness (QED) is 0.0705. The lowest BCUT2D eigenvalue weighted by Crippen LogP contribution is -2.64. The monoisotopic (exact) mass is 876 g/mol. The molecule has 0 aromatic carbocycles. The Kier molecular flexibility index (Phi) is 18.3. The maximum absolute atomic E-state index is 14.7. The van der Waals surface area contributed by atoms with E-state index in [1.807, 2.05) is 0 Å². The molecule has 360 valence electrons. The number of unbranched alkanes of at least 4 members (excludes halogenated alkanes) is 7. The van der Waals surface area contributed by atoms with Crippen LogP contribution in [0.5, 0.6) is 0 Å². The van der Waals surface area contributed by atoms with Gasteiger partial charge in [0.25, 0.3) is 0 Å². The number of ether oxygens (including phenoxy) is 1. The number of aliphatic carboxylic acids is 3. The van der Waals surface area contributed by atoms with Gasteiger partial charge in [-0.3, -0.25) is 33.9 Å². The standard InChI is InChI=1S/C51H93N3O8/c1-17-18-19-20-21-22-23-24-25-37(34-28-46(2,3)52(14)47(4,5)29-34)42(35-30-48(6,7)53(15)49(8,9)31-35)43(36-32-50(10,11)54(16)51(12,13)33-36)62-41(57)27-39(45(60)61)38(44(58)59)26-40(55)56/h34-39,42-43H,17-33H2,1-16H3,(H,55,56)(H,58,59)(H,60,61). The van der Waals surface area contributed by atoms with E-state index in [0.717, 1.165) is 57.8 Å². The van der Waals surface area contributed by atoms with E-state index in [9.17, 15) is 34.5 Å². The molecule has 5 unspecified atom stereocenters. The molecule has 11 heteroatoms. The molecule has 0 spiro atoms. The molecule has 62 heavy (non-hydrogen) atoms. The van der Waals surface area contributed by atoms with Crippen LogP contribution in [0.4, 0.5) is 0 Å². The molecule has 0 bridgehead atoms. The van der Waals surface area contributed by atoms with Gasteiger partial charge in [-0.25, -0.2) is 0 Å². The van der Waals surface area contributed by atoms with Crippen molar-refractivity contribution in [1.29, 1.82) is 0 Å². The topological polar surface area (TPSA) is 148 Å². The summed E-state index contributed by atoms with van der Waals surface area (Å²) in [6.07, 6.45) is 14.0. The average molecular weight is 876 g/mol. The van der Waals surface area contributed by atoms with Gasteiger partial charge in [0.2, 0.25) is 0 Å². The largest absolute Gasteiger partial charge is 0.481 e. The first kappa shape index (κ1) is 54.1. The van der Waals surface area contributed by atoms with Gasteiger partial charge in [-0.1, -0.05) is 58.3 Å². The highest BCUT2D eigenvalue weighted by Gasteiger charge is 2.56. The number of rotatable bonds is 22. The van der Waals surface area contributed by atoms with E-state index in [1.54, 1.807) is 0 Å². The van der Waals surface area contributed by atoms with Crippen molar-refractivity contribution in [2.75, 3.05) is 21.1 Å². The fourth-order valence-electron chi connectivity index (χ4n) is 13.1. The van der Waals surface area contributed by atoms with Gasteiger partial charge in [0.15, 0.2) is 0 Å². The van der Waals surface area contributed by atoms with Crippen molar-refractivity contribution in [2.45, 2.75) is 239 Å². The molecule has 3 heterocycles. The molecule has 0 radical (unpaired) electrons. The van der Waals surface area contributed by atoms with Crippen molar-refractivity contribution < 1.29 is 39.2 Å². The summed E-state index contributed by atoms with van der Waals surface area (Å²) < 4.78 is 7.00. The Balaban J connectivity index is 2.32. The van der Waals surface area contributed by atoms with Gasteiger partial charge >= 0.3 is 23.9 Å². The van der Waals surface area contributed by atoms with Crippen LogP contribution in [0.25, 0.3) is 0 Å². The molecule has 3 N–H and O–H groups in total. The normalized spacial score (nSPS) is 25.6. The maximum Gasteiger partial charge on any atom is 0.307 e. The van der Waals surface area contributed by atoms with Crippen LogP contribution in [0.3, 0.4) is 0 Å². The van der Waals surface area contributed by atoms with Crippen molar-refractivity contribution in [2.24, 2.45) is 41.4 Å². The van der Waals surface area contributed by atoms with Crippen molar-refractivity contribution in [3.8, 4) is 0 Å². The number of hydrogen-bond acceptors (Lipinski definition) is 8. The lowest BCUT2D eigenvalue weighted by Gasteiger charge is -2.61. The summed E-state index contributed by atoms with van der Waals surface area (Å²) in [7, 11) is 6.66. The minimum atomic E-state index is -1.78. The summed E-state index contributed by atoms with van der Waals surface area (Å²) in [5.41, 5.74) is -0.936. The van der Waals surface area contributed by atoms with E-state index in [0.29, 0.717) is 5.92 Å². The van der Waals surface area contributed by atoms with Gasteiger partial charge in [0, 0.05) is 39.2 Å². The zero-order chi connectivity index (χ0) is 47.4. The molecule has 3 aliphatic rings. The van der Waals surface area contributed by atoms with E-state index in [-0.39, 0.29) is 56.9 Å². The molecule has 0 aromatic heterocycles. The lowest BCUT2D eigenvalue weighted by molar-refractivity contribution is -0.179. The van der Waals surface area contributed by atoms with Gasteiger partial charge < -0.3 is 20.1 Å². The Morgan fingerprint density at radius 1 is 0.516 bits per heavy atom. The van der Waals surface area contributed by atoms with Gasteiger partial charge in [-0.2, -0.15) is 0 Å². The van der Waals surface area contributed by atoms with Gasteiger partial charge in [-0.05, 0) is 173 Å². The zero-order valence-electron chi connectivity index (χ0n) is 42.4. The van der Waals surface area contributed by atoms with E-state index >= 15 is 0 Å². The number of carboxylic acids is 3. The van der Waals surface area contributed by atoms with E-state index in [2.05, 4.69) is 126 Å². The summed E-state index contributed by atoms with van der Waals surface area (Å²) >= 11 is 0. The van der Waals surface area contributed by atoms with Gasteiger partial charge in [0.05, 0.1) is 24.7 Å². The summed E-state index contributed by atoms with van der Waals surface area (Å²) in [6.45, 7) is 30.1. The first-order valence-corrected chi connectivity index (χ1v) is 24.4. The molecule has 0 aromatic rings. The van der Waals surface area contributed by atoms with Crippen LogP contribution in [0.2, 0.25) is 0 Å². The Bertz CT molecular complexity index is 1470. The number of hydrogen-bond donors (Lipinski definition) is 3. The summed E-state index contributed by atoms with van der Waals surface area (Å²) in [4.78, 5) is 59.1. The van der Waals surface area contributed by atoms with Crippen molar-refractivity contribution in [3.05, 3.63) is 0 Å². The van der Waals surface area contributed by atoms with Crippen LogP contribution in [0.1, 0.15) is 199 Å². The van der Waals surface area contributed by atoms with Crippen LogP contribution in [0, 0.1) is 41.4 Å². The average Bonchev–Trinajstić information content (AvgIpc) is 3.12. The molecular weight excluding hydrogens is 783 g/mol. The Labute approximate surface area is 377 Å². The Morgan fingerprint density at radius 3 is 1.23 bits per heavy atom. The van der Waals surface area contributed by atoms with Crippen molar-refractivity contribution >= 4 is 23.9 Å². The number of likely N-dealkylation sites (tertiary alicyclic amines) is 3. The number of nitrogens with zero attached hydrogens (tertiary/aromatic N) is 3. The molecule has 3 rings (SSSR count). The molecule has 0 aliphatic carbocycles. The molecule has 5 atom stereocenters. The molecule has 0 saturated carbocycles. The minimum absolute atomic E-state index is 0.0478. The minimum Gasteiger partial charge on any atom is -0.481 e. The molecular formula is C51H93N3O8. The summed E-state index contributed by atoms with van der Waals surface area (Å²) in [6, 6.07) is 0. The highest BCUT2D eigenvalue weighted by Crippen LogP contribution is 2.55. The predicted octanol–water partition coefficient (Wildman–Crippen LogP) is 10.6. The van der Waals surface area contributed by atoms with Gasteiger partial charge in [0.1, 0.15) is 6.10 Å². The third-order valence-electron chi connectivity index (χ3n) is 17.1. The maximum atomic E-state index is 14.7. The number of carbonyl (C=O) groups excluding carboxylic acids is 1. The molecule has 3 saturated heterocycles. The molecule has 0 amide bonds. The summed E-state index contributed by atoms with van der Waals surface area (Å²) in [5.74, 6) is -8.13. The summed E-state index contributed by atoms with van der Waals surface area (Å²) in [5, 5.41) is 30.0.